The Kier molecular flexibility index (Phi) is 5.15. The molecule has 10 rings (SSSR count). The molecule has 0 heterocycles. The molecular formula is C45H28. The molecule has 0 spiro atoms. The Morgan fingerprint density at radius 1 is 0.289 bits per heavy atom. The number of hydrogen-bond acceptors (Lipinski definition) is 0. The highest BCUT2D eigenvalue weighted by Crippen LogP contribution is 2.48. The van der Waals surface area contributed by atoms with E-state index in [2.05, 4.69) is 158 Å². The van der Waals surface area contributed by atoms with Gasteiger partial charge in [0.05, 0.1) is 0 Å². The Hall–Kier alpha value is -5.72. The second-order valence-corrected chi connectivity index (χ2v) is 12.4. The summed E-state index contributed by atoms with van der Waals surface area (Å²) < 4.78 is 0. The van der Waals surface area contributed by atoms with Gasteiger partial charge in [-0.1, -0.05) is 152 Å². The molecule has 0 amide bonds. The van der Waals surface area contributed by atoms with Crippen LogP contribution < -0.4 is 0 Å². The van der Waals surface area contributed by atoms with Crippen molar-refractivity contribution in [2.45, 2.75) is 6.42 Å². The molecular weight excluding hydrogens is 540 g/mol. The highest BCUT2D eigenvalue weighted by Gasteiger charge is 2.23. The Bertz CT molecular complexity index is 2620. The topological polar surface area (TPSA) is 0 Å². The van der Waals surface area contributed by atoms with Gasteiger partial charge in [-0.15, -0.1) is 0 Å². The lowest BCUT2D eigenvalue weighted by Crippen LogP contribution is -1.93. The van der Waals surface area contributed by atoms with Crippen molar-refractivity contribution in [2.24, 2.45) is 0 Å². The Morgan fingerprint density at radius 2 is 0.844 bits per heavy atom. The molecule has 0 radical (unpaired) electrons. The molecule has 0 N–H and O–H groups in total. The summed E-state index contributed by atoms with van der Waals surface area (Å²) in [4.78, 5) is 0. The first kappa shape index (κ1) is 24.7. The van der Waals surface area contributed by atoms with Crippen LogP contribution in [0, 0.1) is 0 Å². The van der Waals surface area contributed by atoms with E-state index >= 15 is 0 Å². The molecule has 45 heavy (non-hydrogen) atoms. The monoisotopic (exact) mass is 568 g/mol. The van der Waals surface area contributed by atoms with Crippen LogP contribution in [0.15, 0.2) is 158 Å². The maximum absolute atomic E-state index is 2.46. The molecule has 0 fully saturated rings. The van der Waals surface area contributed by atoms with Crippen LogP contribution in [-0.4, -0.2) is 0 Å². The fraction of sp³-hybridized carbons (Fsp3) is 0.0222. The van der Waals surface area contributed by atoms with E-state index in [1.54, 1.807) is 0 Å². The average Bonchev–Trinajstić information content (AvgIpc) is 3.49. The van der Waals surface area contributed by atoms with Gasteiger partial charge >= 0.3 is 0 Å². The van der Waals surface area contributed by atoms with Gasteiger partial charge in [0.2, 0.25) is 0 Å². The van der Waals surface area contributed by atoms with E-state index in [1.807, 2.05) is 0 Å². The first-order chi connectivity index (χ1) is 22.3. The second kappa shape index (κ2) is 9.39. The van der Waals surface area contributed by atoms with Gasteiger partial charge in [-0.25, -0.2) is 0 Å². The summed E-state index contributed by atoms with van der Waals surface area (Å²) in [7, 11) is 0. The van der Waals surface area contributed by atoms with Crippen molar-refractivity contribution in [1.82, 2.24) is 0 Å². The number of fused-ring (bicyclic) bond motifs is 10. The molecule has 1 aliphatic carbocycles. The van der Waals surface area contributed by atoms with Crippen molar-refractivity contribution in [2.75, 3.05) is 0 Å². The van der Waals surface area contributed by atoms with Crippen LogP contribution in [0.5, 0.6) is 0 Å². The third-order valence-electron chi connectivity index (χ3n) is 10.0. The molecule has 0 atom stereocenters. The summed E-state index contributed by atoms with van der Waals surface area (Å²) in [5, 5.41) is 13.0. The minimum absolute atomic E-state index is 0.973. The van der Waals surface area contributed by atoms with Gasteiger partial charge in [-0.05, 0) is 111 Å². The lowest BCUT2D eigenvalue weighted by Gasteiger charge is -2.20. The molecule has 0 saturated heterocycles. The molecule has 0 heteroatoms. The van der Waals surface area contributed by atoms with E-state index < -0.39 is 0 Å². The molecule has 9 aromatic carbocycles. The normalized spacial score (nSPS) is 12.4. The van der Waals surface area contributed by atoms with Crippen molar-refractivity contribution in [3.63, 3.8) is 0 Å². The van der Waals surface area contributed by atoms with Gasteiger partial charge in [-0.2, -0.15) is 0 Å². The Morgan fingerprint density at radius 3 is 1.56 bits per heavy atom. The molecule has 0 bridgehead atoms. The maximum Gasteiger partial charge on any atom is -0.00130 e. The molecule has 0 unspecified atom stereocenters. The standard InChI is InChI=1S/C45H28/c1-4-14-34-28(11-1)21-22-30-25-32-26-31(23-24-35(32)43(30)34)44-38-17-7-9-19-40(38)45(41-20-10-8-18-39(41)44)42-27-29-12-2-3-13-33(29)36-15-5-6-16-37(36)42/h1-24,26-27H,25H2. The van der Waals surface area contributed by atoms with Crippen molar-refractivity contribution < 1.29 is 0 Å². The fourth-order valence-electron chi connectivity index (χ4n) is 8.12. The van der Waals surface area contributed by atoms with Crippen molar-refractivity contribution in [3.8, 4) is 33.4 Å². The molecule has 0 nitrogen and oxygen atoms in total. The van der Waals surface area contributed by atoms with Crippen molar-refractivity contribution >= 4 is 53.9 Å². The molecule has 9 aromatic rings. The third-order valence-corrected chi connectivity index (χ3v) is 10.0. The minimum Gasteiger partial charge on any atom is -0.0616 e. The van der Waals surface area contributed by atoms with Gasteiger partial charge in [0.1, 0.15) is 0 Å². The quantitative estimate of drug-likeness (QED) is 0.144. The lowest BCUT2D eigenvalue weighted by atomic mass is 9.83. The minimum atomic E-state index is 0.973. The fourth-order valence-corrected chi connectivity index (χ4v) is 8.12. The van der Waals surface area contributed by atoms with Gasteiger partial charge in [0, 0.05) is 0 Å². The summed E-state index contributed by atoms with van der Waals surface area (Å²) in [6.45, 7) is 0. The predicted molar refractivity (Wildman–Crippen MR) is 193 cm³/mol. The highest BCUT2D eigenvalue weighted by molar-refractivity contribution is 6.25. The zero-order valence-electron chi connectivity index (χ0n) is 24.7. The van der Waals surface area contributed by atoms with Crippen LogP contribution in [0.3, 0.4) is 0 Å². The highest BCUT2D eigenvalue weighted by atomic mass is 14.3. The van der Waals surface area contributed by atoms with Crippen LogP contribution in [0.4, 0.5) is 0 Å². The van der Waals surface area contributed by atoms with E-state index in [1.165, 1.54) is 98.4 Å². The summed E-state index contributed by atoms with van der Waals surface area (Å²) >= 11 is 0. The smallest absolute Gasteiger partial charge is 0.00130 e. The zero-order valence-corrected chi connectivity index (χ0v) is 24.7. The van der Waals surface area contributed by atoms with Gasteiger partial charge in [0.25, 0.3) is 0 Å². The van der Waals surface area contributed by atoms with Crippen LogP contribution >= 0.6 is 0 Å². The van der Waals surface area contributed by atoms with Crippen LogP contribution in [0.25, 0.3) is 87.2 Å². The van der Waals surface area contributed by atoms with E-state index in [0.29, 0.717) is 0 Å². The van der Waals surface area contributed by atoms with E-state index in [4.69, 9.17) is 0 Å². The van der Waals surface area contributed by atoms with Gasteiger partial charge in [0.15, 0.2) is 0 Å². The maximum atomic E-state index is 2.46. The first-order valence-corrected chi connectivity index (χ1v) is 15.8. The number of benzene rings is 9. The largest absolute Gasteiger partial charge is 0.0616 e. The SMILES string of the molecule is c1ccc2c3c(ccc2c1)Cc1cc(-c2c4ccccc4c(-c4cc5ccccc5c5ccccc45)c4ccccc24)ccc1-3. The molecule has 1 aliphatic rings. The Balaban J connectivity index is 1.27. The van der Waals surface area contributed by atoms with Crippen molar-refractivity contribution in [3.05, 3.63) is 169 Å². The van der Waals surface area contributed by atoms with Gasteiger partial charge < -0.3 is 0 Å². The number of rotatable bonds is 2. The molecule has 0 aromatic heterocycles. The van der Waals surface area contributed by atoms with Crippen LogP contribution in [-0.2, 0) is 6.42 Å². The summed E-state index contributed by atoms with van der Waals surface area (Å²) in [5.74, 6) is 0. The predicted octanol–water partition coefficient (Wildman–Crippen LogP) is 12.4. The molecule has 208 valence electrons. The Labute approximate surface area is 261 Å². The van der Waals surface area contributed by atoms with E-state index in [0.717, 1.165) is 6.42 Å². The second-order valence-electron chi connectivity index (χ2n) is 12.4. The van der Waals surface area contributed by atoms with Crippen LogP contribution in [0.1, 0.15) is 11.1 Å². The molecule has 0 aliphatic heterocycles. The van der Waals surface area contributed by atoms with Gasteiger partial charge in [-0.3, -0.25) is 0 Å². The summed E-state index contributed by atoms with van der Waals surface area (Å²) in [5.41, 5.74) is 10.8. The van der Waals surface area contributed by atoms with E-state index in [-0.39, 0.29) is 0 Å². The van der Waals surface area contributed by atoms with Crippen molar-refractivity contribution in [1.29, 1.82) is 0 Å². The number of hydrogen-bond donors (Lipinski definition) is 0. The molecule has 0 saturated carbocycles. The third kappa shape index (κ3) is 3.54. The summed E-state index contributed by atoms with van der Waals surface area (Å²) in [6, 6.07) is 58.7. The van der Waals surface area contributed by atoms with E-state index in [9.17, 15) is 0 Å². The zero-order chi connectivity index (χ0) is 29.5. The summed E-state index contributed by atoms with van der Waals surface area (Å²) in [6.07, 6.45) is 0.973. The van der Waals surface area contributed by atoms with Crippen LogP contribution in [0.2, 0.25) is 0 Å². The lowest BCUT2D eigenvalue weighted by molar-refractivity contribution is 1.27. The first-order valence-electron chi connectivity index (χ1n) is 15.8. The average molecular weight is 569 g/mol.